The molecule has 0 unspecified atom stereocenters. The zero-order valence-corrected chi connectivity index (χ0v) is 4.72. The molecule has 0 bridgehead atoms. The van der Waals surface area contributed by atoms with Gasteiger partial charge in [-0.1, -0.05) is 0 Å². The number of hydrogen-bond donors (Lipinski definition) is 0. The number of allylic oxidation sites excluding steroid dienone is 1. The first-order valence-corrected chi connectivity index (χ1v) is 2.34. The molecule has 0 fully saturated rings. The fourth-order valence-electron chi connectivity index (χ4n) is 0.0833. The van der Waals surface area contributed by atoms with Gasteiger partial charge in [0.2, 0.25) is 0 Å². The molecule has 5 heavy (non-hydrogen) atoms. The molecule has 0 rings (SSSR count). The second kappa shape index (κ2) is 4.23. The van der Waals surface area contributed by atoms with Crippen molar-refractivity contribution >= 4 is 0 Å². The van der Waals surface area contributed by atoms with Crippen LogP contribution in [0.15, 0.2) is 16.2 Å². The van der Waals surface area contributed by atoms with Gasteiger partial charge in [-0.3, -0.25) is 0 Å². The third-order valence-corrected chi connectivity index (χ3v) is 0.510. The van der Waals surface area contributed by atoms with E-state index >= 15 is 0 Å². The molecule has 0 heterocycles. The molecule has 0 aliphatic carbocycles. The van der Waals surface area contributed by atoms with Crippen molar-refractivity contribution in [3.05, 3.63) is 16.2 Å². The van der Waals surface area contributed by atoms with Crippen LogP contribution in [0, 0.1) is 0 Å². The predicted molar refractivity (Wildman–Crippen MR) is 18.3 cm³/mol. The standard InChI is InChI=1S/C4H5.Ti/c1-3-4-2;/h1,4H,2H3;. The Balaban J connectivity index is 3.26. The molecule has 0 saturated carbocycles. The molecule has 0 radical (unpaired) electrons. The molecule has 0 N–H and O–H groups in total. The van der Waals surface area contributed by atoms with Gasteiger partial charge in [0.05, 0.1) is 0 Å². The topological polar surface area (TPSA) is 0 Å². The Morgan fingerprint density at radius 3 is 2.40 bits per heavy atom. The van der Waals surface area contributed by atoms with Crippen LogP contribution in [0.4, 0.5) is 0 Å². The molecule has 25 valence electrons. The van der Waals surface area contributed by atoms with Gasteiger partial charge < -0.3 is 0 Å². The summed E-state index contributed by atoms with van der Waals surface area (Å²) in [5.74, 6) is 0. The third-order valence-electron chi connectivity index (χ3n) is 0.250. The van der Waals surface area contributed by atoms with E-state index in [2.05, 4.69) is 5.73 Å². The Kier molecular flexibility index (Phi) is 4.43. The Morgan fingerprint density at radius 1 is 1.80 bits per heavy atom. The van der Waals surface area contributed by atoms with E-state index < -0.39 is 0 Å². The minimum atomic E-state index is 1.88. The minimum absolute atomic E-state index is 1.88. The summed E-state index contributed by atoms with van der Waals surface area (Å²) in [7, 11) is 0. The fraction of sp³-hybridized carbons (Fsp3) is 0.250. The van der Waals surface area contributed by atoms with Crippen LogP contribution in [0.2, 0.25) is 0 Å². The fourth-order valence-corrected chi connectivity index (χ4v) is 0.344. The van der Waals surface area contributed by atoms with E-state index in [1.54, 1.807) is 0 Å². The molecule has 0 aromatic rings. The second-order valence-electron chi connectivity index (χ2n) is 0.600. The van der Waals surface area contributed by atoms with E-state index in [0.29, 0.717) is 0 Å². The van der Waals surface area contributed by atoms with E-state index in [-0.39, 0.29) is 0 Å². The normalized spacial score (nSPS) is 4.80. The first-order valence-electron chi connectivity index (χ1n) is 1.44. The Bertz CT molecular complexity index is 52.0. The SMILES string of the molecule is CC=C=[CH][Ti]. The molecule has 0 atom stereocenters. The van der Waals surface area contributed by atoms with Crippen LogP contribution >= 0.6 is 0 Å². The van der Waals surface area contributed by atoms with Gasteiger partial charge in [0.1, 0.15) is 0 Å². The summed E-state index contributed by atoms with van der Waals surface area (Å²) in [5.41, 5.74) is 2.86. The molecule has 0 aromatic carbocycles. The van der Waals surface area contributed by atoms with Crippen molar-refractivity contribution in [2.75, 3.05) is 0 Å². The van der Waals surface area contributed by atoms with Crippen LogP contribution in [0.3, 0.4) is 0 Å². The molecule has 0 nitrogen and oxygen atoms in total. The maximum absolute atomic E-state index is 2.86. The van der Waals surface area contributed by atoms with Gasteiger partial charge in [0, 0.05) is 0 Å². The van der Waals surface area contributed by atoms with Gasteiger partial charge >= 0.3 is 43.5 Å². The summed E-state index contributed by atoms with van der Waals surface area (Å²) in [6.45, 7) is 1.94. The van der Waals surface area contributed by atoms with Gasteiger partial charge in [0.15, 0.2) is 0 Å². The summed E-state index contributed by atoms with van der Waals surface area (Å²) >= 11 is 1.94. The van der Waals surface area contributed by atoms with Gasteiger partial charge in [-0.15, -0.1) is 0 Å². The molecule has 0 aliphatic heterocycles. The van der Waals surface area contributed by atoms with Crippen molar-refractivity contribution in [3.63, 3.8) is 0 Å². The summed E-state index contributed by atoms with van der Waals surface area (Å²) < 4.78 is 1.88. The first-order chi connectivity index (χ1) is 2.41. The zero-order chi connectivity index (χ0) is 4.12. The van der Waals surface area contributed by atoms with Crippen molar-refractivity contribution in [2.24, 2.45) is 0 Å². The zero-order valence-electron chi connectivity index (χ0n) is 3.15. The summed E-state index contributed by atoms with van der Waals surface area (Å²) in [5, 5.41) is 0. The predicted octanol–water partition coefficient (Wildman–Crippen LogP) is 1.22. The van der Waals surface area contributed by atoms with Gasteiger partial charge in [0.25, 0.3) is 0 Å². The van der Waals surface area contributed by atoms with E-state index in [9.17, 15) is 0 Å². The molecule has 0 saturated heterocycles. The van der Waals surface area contributed by atoms with Gasteiger partial charge in [-0.25, -0.2) is 0 Å². The molecule has 0 spiro atoms. The molecule has 0 aliphatic rings. The van der Waals surface area contributed by atoms with E-state index in [1.165, 1.54) is 0 Å². The molecule has 0 amide bonds. The monoisotopic (exact) mass is 101 g/mol. The van der Waals surface area contributed by atoms with Crippen molar-refractivity contribution in [2.45, 2.75) is 6.92 Å². The van der Waals surface area contributed by atoms with Gasteiger partial charge in [-0.05, 0) is 0 Å². The molecular formula is C4H5Ti. The number of rotatable bonds is 0. The maximum atomic E-state index is 2.86. The van der Waals surface area contributed by atoms with Crippen molar-refractivity contribution < 1.29 is 20.4 Å². The Morgan fingerprint density at radius 2 is 2.40 bits per heavy atom. The summed E-state index contributed by atoms with van der Waals surface area (Å²) in [4.78, 5) is 0. The van der Waals surface area contributed by atoms with Crippen molar-refractivity contribution in [1.29, 1.82) is 0 Å². The molecule has 0 aromatic heterocycles. The molecule has 1 heteroatoms. The van der Waals surface area contributed by atoms with Crippen molar-refractivity contribution in [3.8, 4) is 0 Å². The average molecular weight is 101 g/mol. The van der Waals surface area contributed by atoms with E-state index in [1.807, 2.05) is 37.8 Å². The third kappa shape index (κ3) is 4.23. The van der Waals surface area contributed by atoms with Crippen molar-refractivity contribution in [1.82, 2.24) is 0 Å². The first kappa shape index (κ1) is 5.23. The molecular weight excluding hydrogens is 95.9 g/mol. The van der Waals surface area contributed by atoms with Crippen LogP contribution in [0.25, 0.3) is 0 Å². The Hall–Kier alpha value is 0.234. The quantitative estimate of drug-likeness (QED) is 0.318. The number of hydrogen-bond acceptors (Lipinski definition) is 0. The average Bonchev–Trinajstić information content (AvgIpc) is 1.41. The van der Waals surface area contributed by atoms with E-state index in [4.69, 9.17) is 0 Å². The van der Waals surface area contributed by atoms with Crippen LogP contribution in [0.1, 0.15) is 6.92 Å². The van der Waals surface area contributed by atoms with E-state index in [0.717, 1.165) is 0 Å². The summed E-state index contributed by atoms with van der Waals surface area (Å²) in [6, 6.07) is 0. The van der Waals surface area contributed by atoms with Crippen LogP contribution in [-0.2, 0) is 20.4 Å². The Labute approximate surface area is 44.0 Å². The second-order valence-corrected chi connectivity index (χ2v) is 1.05. The van der Waals surface area contributed by atoms with Crippen LogP contribution in [-0.4, -0.2) is 0 Å². The summed E-state index contributed by atoms with van der Waals surface area (Å²) in [6.07, 6.45) is 1.88. The van der Waals surface area contributed by atoms with Crippen LogP contribution < -0.4 is 0 Å². The van der Waals surface area contributed by atoms with Crippen LogP contribution in [0.5, 0.6) is 0 Å². The van der Waals surface area contributed by atoms with Gasteiger partial charge in [-0.2, -0.15) is 0 Å².